The van der Waals surface area contributed by atoms with Crippen molar-refractivity contribution >= 4 is 11.6 Å². The minimum absolute atomic E-state index is 0.325. The number of rotatable bonds is 1. The fourth-order valence-electron chi connectivity index (χ4n) is 1.70. The van der Waals surface area contributed by atoms with Crippen molar-refractivity contribution in [1.82, 2.24) is 10.2 Å². The van der Waals surface area contributed by atoms with Crippen molar-refractivity contribution < 1.29 is 13.2 Å². The van der Waals surface area contributed by atoms with Gasteiger partial charge in [0.25, 0.3) is 0 Å². The van der Waals surface area contributed by atoms with Crippen LogP contribution >= 0.6 is 11.6 Å². The van der Waals surface area contributed by atoms with Gasteiger partial charge < -0.3 is 0 Å². The van der Waals surface area contributed by atoms with Crippen molar-refractivity contribution in [3.8, 4) is 11.3 Å². The van der Waals surface area contributed by atoms with Crippen LogP contribution in [0.2, 0.25) is 5.02 Å². The van der Waals surface area contributed by atoms with Crippen molar-refractivity contribution in [3.63, 3.8) is 0 Å². The van der Waals surface area contributed by atoms with E-state index in [2.05, 4.69) is 10.2 Å². The summed E-state index contributed by atoms with van der Waals surface area (Å²) >= 11 is 5.58. The number of nitrogens with zero attached hydrogens (tertiary/aromatic N) is 2. The first-order chi connectivity index (χ1) is 8.80. The molecule has 0 atom stereocenters. The Balaban J connectivity index is 2.62. The maximum Gasteiger partial charge on any atom is 0.417 e. The van der Waals surface area contributed by atoms with Crippen LogP contribution in [-0.2, 0) is 6.18 Å². The molecule has 0 saturated heterocycles. The second kappa shape index (κ2) is 4.81. The normalized spacial score (nSPS) is 11.7. The van der Waals surface area contributed by atoms with Crippen molar-refractivity contribution in [2.24, 2.45) is 0 Å². The summed E-state index contributed by atoms with van der Waals surface area (Å²) in [6.07, 6.45) is -2.92. The first-order valence-corrected chi connectivity index (χ1v) is 5.84. The summed E-state index contributed by atoms with van der Waals surface area (Å²) in [5.41, 5.74) is 1.58. The summed E-state index contributed by atoms with van der Waals surface area (Å²) in [6.45, 7) is 3.62. The minimum Gasteiger partial charge on any atom is -0.166 e. The van der Waals surface area contributed by atoms with Crippen molar-refractivity contribution in [1.29, 1.82) is 0 Å². The number of aryl methyl sites for hydroxylation is 1. The number of hydrogen-bond acceptors (Lipinski definition) is 2. The Morgan fingerprint density at radius 3 is 2.47 bits per heavy atom. The van der Waals surface area contributed by atoms with Gasteiger partial charge in [-0.2, -0.15) is 23.4 Å². The molecule has 1 aromatic heterocycles. The Labute approximate surface area is 113 Å². The third-order valence-corrected chi connectivity index (χ3v) is 3.23. The summed E-state index contributed by atoms with van der Waals surface area (Å²) in [5, 5.41) is 7.35. The van der Waals surface area contributed by atoms with Crippen LogP contribution in [0.4, 0.5) is 13.2 Å². The fraction of sp³-hybridized carbons (Fsp3) is 0.231. The van der Waals surface area contributed by atoms with E-state index in [9.17, 15) is 13.2 Å². The van der Waals surface area contributed by atoms with E-state index in [1.165, 1.54) is 12.1 Å². The van der Waals surface area contributed by atoms with Crippen LogP contribution in [0.1, 0.15) is 16.7 Å². The highest BCUT2D eigenvalue weighted by Crippen LogP contribution is 2.37. The smallest absolute Gasteiger partial charge is 0.166 e. The first-order valence-electron chi connectivity index (χ1n) is 5.46. The Hall–Kier alpha value is -1.62. The predicted octanol–water partition coefficient (Wildman–Crippen LogP) is 4.43. The third-order valence-electron chi connectivity index (χ3n) is 2.90. The van der Waals surface area contributed by atoms with Crippen LogP contribution in [0.5, 0.6) is 0 Å². The second-order valence-corrected chi connectivity index (χ2v) is 4.60. The van der Waals surface area contributed by atoms with Gasteiger partial charge in [-0.25, -0.2) is 0 Å². The second-order valence-electron chi connectivity index (χ2n) is 4.19. The molecule has 1 heterocycles. The van der Waals surface area contributed by atoms with Gasteiger partial charge in [0.15, 0.2) is 0 Å². The number of aromatic nitrogens is 2. The SMILES string of the molecule is Cc1cnnc(-c2ccc(Cl)c(C(F)(F)F)c2)c1C. The molecule has 0 fully saturated rings. The van der Waals surface area contributed by atoms with Crippen LogP contribution < -0.4 is 0 Å². The molecule has 100 valence electrons. The Bertz CT molecular complexity index is 624. The zero-order valence-corrected chi connectivity index (χ0v) is 11.0. The molecule has 2 nitrogen and oxygen atoms in total. The number of alkyl halides is 3. The largest absolute Gasteiger partial charge is 0.417 e. The predicted molar refractivity (Wildman–Crippen MR) is 67.0 cm³/mol. The molecule has 0 amide bonds. The van der Waals surface area contributed by atoms with Crippen molar-refractivity contribution in [3.05, 3.63) is 46.1 Å². The van der Waals surface area contributed by atoms with Crippen LogP contribution in [0.25, 0.3) is 11.3 Å². The Morgan fingerprint density at radius 1 is 1.16 bits per heavy atom. The number of benzene rings is 1. The molecule has 0 unspecified atom stereocenters. The minimum atomic E-state index is -4.49. The summed E-state index contributed by atoms with van der Waals surface area (Å²) < 4.78 is 38.4. The molecule has 0 spiro atoms. The molecular formula is C13H10ClF3N2. The highest BCUT2D eigenvalue weighted by atomic mass is 35.5. The molecule has 1 aromatic carbocycles. The van der Waals surface area contributed by atoms with Gasteiger partial charge in [0.2, 0.25) is 0 Å². The lowest BCUT2D eigenvalue weighted by atomic mass is 10.0. The van der Waals surface area contributed by atoms with E-state index < -0.39 is 11.7 Å². The van der Waals surface area contributed by atoms with Crippen molar-refractivity contribution in [2.45, 2.75) is 20.0 Å². The molecule has 0 bridgehead atoms. The topological polar surface area (TPSA) is 25.8 Å². The summed E-state index contributed by atoms with van der Waals surface area (Å²) in [4.78, 5) is 0. The zero-order chi connectivity index (χ0) is 14.2. The van der Waals surface area contributed by atoms with E-state index in [4.69, 9.17) is 11.6 Å². The summed E-state index contributed by atoms with van der Waals surface area (Å²) in [5.74, 6) is 0. The molecule has 0 aliphatic heterocycles. The van der Waals surface area contributed by atoms with Gasteiger partial charge in [0.05, 0.1) is 22.5 Å². The molecule has 0 aliphatic rings. The fourth-order valence-corrected chi connectivity index (χ4v) is 1.92. The van der Waals surface area contributed by atoms with E-state index in [-0.39, 0.29) is 5.02 Å². The first kappa shape index (κ1) is 13.8. The molecule has 2 aromatic rings. The van der Waals surface area contributed by atoms with E-state index in [0.717, 1.165) is 17.2 Å². The lowest BCUT2D eigenvalue weighted by molar-refractivity contribution is -0.137. The quantitative estimate of drug-likeness (QED) is 0.775. The van der Waals surface area contributed by atoms with Crippen LogP contribution in [0.3, 0.4) is 0 Å². The van der Waals surface area contributed by atoms with Crippen LogP contribution in [0, 0.1) is 13.8 Å². The van der Waals surface area contributed by atoms with Gasteiger partial charge in [-0.1, -0.05) is 17.7 Å². The molecule has 0 saturated carbocycles. The third kappa shape index (κ3) is 2.71. The Kier molecular flexibility index (Phi) is 3.49. The summed E-state index contributed by atoms with van der Waals surface area (Å²) in [7, 11) is 0. The Morgan fingerprint density at radius 2 is 1.84 bits per heavy atom. The standard InChI is InChI=1S/C13H10ClF3N2/c1-7-6-18-19-12(8(7)2)9-3-4-11(14)10(5-9)13(15,16)17/h3-6H,1-2H3. The molecule has 0 radical (unpaired) electrons. The van der Waals surface area contributed by atoms with Crippen LogP contribution in [0.15, 0.2) is 24.4 Å². The molecule has 0 N–H and O–H groups in total. The van der Waals surface area contributed by atoms with Gasteiger partial charge in [-0.05, 0) is 37.1 Å². The highest BCUT2D eigenvalue weighted by Gasteiger charge is 2.33. The highest BCUT2D eigenvalue weighted by molar-refractivity contribution is 6.31. The van der Waals surface area contributed by atoms with Gasteiger partial charge in [0.1, 0.15) is 0 Å². The van der Waals surface area contributed by atoms with Crippen molar-refractivity contribution in [2.75, 3.05) is 0 Å². The average molecular weight is 287 g/mol. The van der Waals surface area contributed by atoms with Gasteiger partial charge in [-0.3, -0.25) is 0 Å². The monoisotopic (exact) mass is 286 g/mol. The molecule has 19 heavy (non-hydrogen) atoms. The van der Waals surface area contributed by atoms with Gasteiger partial charge in [0, 0.05) is 5.56 Å². The van der Waals surface area contributed by atoms with E-state index in [1.807, 2.05) is 6.92 Å². The zero-order valence-electron chi connectivity index (χ0n) is 10.2. The molecule has 0 aliphatic carbocycles. The lowest BCUT2D eigenvalue weighted by Crippen LogP contribution is -2.06. The van der Waals surface area contributed by atoms with E-state index in [0.29, 0.717) is 11.3 Å². The summed E-state index contributed by atoms with van der Waals surface area (Å²) in [6, 6.07) is 3.73. The maximum absolute atomic E-state index is 12.8. The maximum atomic E-state index is 12.8. The van der Waals surface area contributed by atoms with E-state index in [1.54, 1.807) is 13.1 Å². The molecule has 2 rings (SSSR count). The molecule has 6 heteroatoms. The number of halogens is 4. The van der Waals surface area contributed by atoms with Gasteiger partial charge >= 0.3 is 6.18 Å². The number of hydrogen-bond donors (Lipinski definition) is 0. The lowest BCUT2D eigenvalue weighted by Gasteiger charge is -2.12. The average Bonchev–Trinajstić information content (AvgIpc) is 2.32. The van der Waals surface area contributed by atoms with Gasteiger partial charge in [-0.15, -0.1) is 0 Å². The van der Waals surface area contributed by atoms with Crippen LogP contribution in [-0.4, -0.2) is 10.2 Å². The molecular weight excluding hydrogens is 277 g/mol. The van der Waals surface area contributed by atoms with E-state index >= 15 is 0 Å².